The second-order valence-corrected chi connectivity index (χ2v) is 5.16. The number of nitrogens with one attached hydrogen (secondary N) is 1. The van der Waals surface area contributed by atoms with Gasteiger partial charge in [0.1, 0.15) is 11.3 Å². The van der Waals surface area contributed by atoms with Crippen LogP contribution in [0.2, 0.25) is 0 Å². The molecule has 2 aromatic rings. The number of carbonyl (C=O) groups is 2. The van der Waals surface area contributed by atoms with Crippen molar-refractivity contribution in [2.75, 3.05) is 11.9 Å². The van der Waals surface area contributed by atoms with Gasteiger partial charge >= 0.3 is 5.97 Å². The van der Waals surface area contributed by atoms with Gasteiger partial charge in [0.05, 0.1) is 18.2 Å². The van der Waals surface area contributed by atoms with Gasteiger partial charge in [-0.15, -0.1) is 0 Å². The minimum atomic E-state index is -1.01. The average Bonchev–Trinajstić information content (AvgIpc) is 2.62. The third-order valence-electron chi connectivity index (χ3n) is 3.32. The standard InChI is InChI=1S/C19H18N2O4/c1-3-24-17-10-5-4-9-16(17)19(23)25-13(2)18(22)21-15-8-6-7-14(11-15)12-20/h4-11,13H,3H2,1-2H3,(H,21,22)/t13-/m0/s1. The molecule has 0 aliphatic carbocycles. The summed E-state index contributed by atoms with van der Waals surface area (Å²) in [7, 11) is 0. The van der Waals surface area contributed by atoms with Crippen molar-refractivity contribution in [1.82, 2.24) is 0 Å². The highest BCUT2D eigenvalue weighted by Gasteiger charge is 2.21. The number of nitriles is 1. The number of anilines is 1. The van der Waals surface area contributed by atoms with Crippen molar-refractivity contribution in [2.45, 2.75) is 20.0 Å². The van der Waals surface area contributed by atoms with Gasteiger partial charge in [-0.2, -0.15) is 5.26 Å². The minimum Gasteiger partial charge on any atom is -0.493 e. The molecule has 0 bridgehead atoms. The van der Waals surface area contributed by atoms with E-state index in [0.717, 1.165) is 0 Å². The van der Waals surface area contributed by atoms with Gasteiger partial charge in [0.25, 0.3) is 5.91 Å². The first kappa shape index (κ1) is 18.0. The molecule has 0 aromatic heterocycles. The highest BCUT2D eigenvalue weighted by Crippen LogP contribution is 2.20. The smallest absolute Gasteiger partial charge is 0.342 e. The fourth-order valence-electron chi connectivity index (χ4n) is 2.10. The van der Waals surface area contributed by atoms with Crippen LogP contribution in [-0.2, 0) is 9.53 Å². The average molecular weight is 338 g/mol. The summed E-state index contributed by atoms with van der Waals surface area (Å²) in [5.41, 5.74) is 1.14. The van der Waals surface area contributed by atoms with Gasteiger partial charge < -0.3 is 14.8 Å². The molecular formula is C19H18N2O4. The van der Waals surface area contributed by atoms with E-state index in [1.807, 2.05) is 13.0 Å². The highest BCUT2D eigenvalue weighted by atomic mass is 16.5. The van der Waals surface area contributed by atoms with Crippen LogP contribution >= 0.6 is 0 Å². The van der Waals surface area contributed by atoms with Crippen LogP contribution in [0.15, 0.2) is 48.5 Å². The Hall–Kier alpha value is -3.33. The molecule has 0 unspecified atom stereocenters. The normalized spacial score (nSPS) is 11.1. The quantitative estimate of drug-likeness (QED) is 0.818. The predicted molar refractivity (Wildman–Crippen MR) is 92.3 cm³/mol. The molecule has 1 amide bonds. The van der Waals surface area contributed by atoms with Crippen molar-refractivity contribution in [3.8, 4) is 11.8 Å². The Labute approximate surface area is 146 Å². The molecule has 25 heavy (non-hydrogen) atoms. The third-order valence-corrected chi connectivity index (χ3v) is 3.32. The number of hydrogen-bond acceptors (Lipinski definition) is 5. The van der Waals surface area contributed by atoms with Crippen LogP contribution in [0, 0.1) is 11.3 Å². The molecule has 0 aliphatic rings. The third kappa shape index (κ3) is 4.82. The Balaban J connectivity index is 2.03. The molecule has 128 valence electrons. The summed E-state index contributed by atoms with van der Waals surface area (Å²) in [4.78, 5) is 24.5. The minimum absolute atomic E-state index is 0.260. The zero-order chi connectivity index (χ0) is 18.2. The molecule has 0 saturated heterocycles. The molecule has 0 radical (unpaired) electrons. The molecule has 0 heterocycles. The van der Waals surface area contributed by atoms with E-state index in [1.54, 1.807) is 42.5 Å². The summed E-state index contributed by atoms with van der Waals surface area (Å²) in [6.45, 7) is 3.70. The summed E-state index contributed by atoms with van der Waals surface area (Å²) >= 11 is 0. The predicted octanol–water partition coefficient (Wildman–Crippen LogP) is 3.14. The number of benzene rings is 2. The van der Waals surface area contributed by atoms with Crippen LogP contribution in [0.3, 0.4) is 0 Å². The van der Waals surface area contributed by atoms with Gasteiger partial charge in [-0.05, 0) is 44.2 Å². The summed E-state index contributed by atoms with van der Waals surface area (Å²) in [6.07, 6.45) is -1.01. The number of amides is 1. The maximum atomic E-state index is 12.3. The van der Waals surface area contributed by atoms with Gasteiger partial charge in [-0.25, -0.2) is 4.79 Å². The number of hydrogen-bond donors (Lipinski definition) is 1. The molecule has 0 saturated carbocycles. The Morgan fingerprint density at radius 2 is 1.96 bits per heavy atom. The first-order valence-electron chi connectivity index (χ1n) is 7.79. The van der Waals surface area contributed by atoms with Crippen molar-refractivity contribution in [3.63, 3.8) is 0 Å². The number of esters is 1. The van der Waals surface area contributed by atoms with Crippen LogP contribution in [0.1, 0.15) is 29.8 Å². The maximum absolute atomic E-state index is 12.3. The van der Waals surface area contributed by atoms with Crippen LogP contribution in [0.5, 0.6) is 5.75 Å². The summed E-state index contributed by atoms with van der Waals surface area (Å²) in [5, 5.41) is 11.5. The molecule has 2 rings (SSSR count). The van der Waals surface area contributed by atoms with Crippen LogP contribution in [-0.4, -0.2) is 24.6 Å². The second-order valence-electron chi connectivity index (χ2n) is 5.16. The lowest BCUT2D eigenvalue weighted by atomic mass is 10.2. The molecule has 1 atom stereocenters. The van der Waals surface area contributed by atoms with Gasteiger partial charge in [0.2, 0.25) is 0 Å². The van der Waals surface area contributed by atoms with Crippen LogP contribution < -0.4 is 10.1 Å². The number of rotatable bonds is 6. The fraction of sp³-hybridized carbons (Fsp3) is 0.211. The molecule has 2 aromatic carbocycles. The second kappa shape index (κ2) is 8.50. The lowest BCUT2D eigenvalue weighted by Gasteiger charge is -2.15. The molecule has 6 nitrogen and oxygen atoms in total. The van der Waals surface area contributed by atoms with Crippen molar-refractivity contribution < 1.29 is 19.1 Å². The van der Waals surface area contributed by atoms with E-state index in [4.69, 9.17) is 14.7 Å². The first-order valence-corrected chi connectivity index (χ1v) is 7.79. The maximum Gasteiger partial charge on any atom is 0.342 e. The largest absolute Gasteiger partial charge is 0.493 e. The van der Waals surface area contributed by atoms with Crippen molar-refractivity contribution >= 4 is 17.6 Å². The van der Waals surface area contributed by atoms with E-state index in [9.17, 15) is 9.59 Å². The Morgan fingerprint density at radius 3 is 2.68 bits per heavy atom. The number of para-hydroxylation sites is 1. The van der Waals surface area contributed by atoms with E-state index in [1.165, 1.54) is 13.0 Å². The van der Waals surface area contributed by atoms with Gasteiger partial charge in [-0.3, -0.25) is 4.79 Å². The van der Waals surface area contributed by atoms with Crippen molar-refractivity contribution in [2.24, 2.45) is 0 Å². The lowest BCUT2D eigenvalue weighted by Crippen LogP contribution is -2.30. The molecule has 0 spiro atoms. The fourth-order valence-corrected chi connectivity index (χ4v) is 2.10. The van der Waals surface area contributed by atoms with Crippen molar-refractivity contribution in [3.05, 3.63) is 59.7 Å². The van der Waals surface area contributed by atoms with Gasteiger partial charge in [-0.1, -0.05) is 18.2 Å². The molecule has 0 aliphatic heterocycles. The summed E-state index contributed by atoms with van der Waals surface area (Å²) < 4.78 is 10.6. The van der Waals surface area contributed by atoms with E-state index in [-0.39, 0.29) is 5.56 Å². The molecular weight excluding hydrogens is 320 g/mol. The summed E-state index contributed by atoms with van der Waals surface area (Å²) in [5.74, 6) is -0.723. The Morgan fingerprint density at radius 1 is 1.20 bits per heavy atom. The Bertz CT molecular complexity index is 811. The zero-order valence-corrected chi connectivity index (χ0v) is 14.0. The summed E-state index contributed by atoms with van der Waals surface area (Å²) in [6, 6.07) is 15.1. The first-order chi connectivity index (χ1) is 12.0. The number of carbonyl (C=O) groups excluding carboxylic acids is 2. The molecule has 1 N–H and O–H groups in total. The van der Waals surface area contributed by atoms with E-state index >= 15 is 0 Å². The van der Waals surface area contributed by atoms with E-state index in [0.29, 0.717) is 23.6 Å². The van der Waals surface area contributed by atoms with E-state index in [2.05, 4.69) is 5.32 Å². The molecule has 6 heteroatoms. The van der Waals surface area contributed by atoms with E-state index < -0.39 is 18.0 Å². The van der Waals surface area contributed by atoms with Crippen LogP contribution in [0.25, 0.3) is 0 Å². The van der Waals surface area contributed by atoms with Crippen LogP contribution in [0.4, 0.5) is 5.69 Å². The lowest BCUT2D eigenvalue weighted by molar-refractivity contribution is -0.123. The monoisotopic (exact) mass is 338 g/mol. The zero-order valence-electron chi connectivity index (χ0n) is 14.0. The van der Waals surface area contributed by atoms with Gasteiger partial charge in [0, 0.05) is 5.69 Å². The highest BCUT2D eigenvalue weighted by molar-refractivity contribution is 5.98. The van der Waals surface area contributed by atoms with Gasteiger partial charge in [0.15, 0.2) is 6.10 Å². The number of nitrogens with zero attached hydrogens (tertiary/aromatic N) is 1. The Kier molecular flexibility index (Phi) is 6.13. The SMILES string of the molecule is CCOc1ccccc1C(=O)O[C@@H](C)C(=O)Nc1cccc(C#N)c1. The van der Waals surface area contributed by atoms with Crippen molar-refractivity contribution in [1.29, 1.82) is 5.26 Å². The topological polar surface area (TPSA) is 88.4 Å². The number of ether oxygens (including phenoxy) is 2. The molecule has 0 fully saturated rings.